The first kappa shape index (κ1) is 26.1. The number of ether oxygens (including phenoxy) is 3. The van der Waals surface area contributed by atoms with Crippen molar-refractivity contribution in [2.24, 2.45) is 0 Å². The lowest BCUT2D eigenvalue weighted by Gasteiger charge is -2.20. The second-order valence-electron chi connectivity index (χ2n) is 7.98. The Morgan fingerprint density at radius 1 is 1.00 bits per heavy atom. The maximum Gasteiger partial charge on any atom is 0.213 e. The van der Waals surface area contributed by atoms with Gasteiger partial charge in [0.15, 0.2) is 17.1 Å². The van der Waals surface area contributed by atoms with E-state index in [2.05, 4.69) is 24.7 Å². The molecule has 0 fully saturated rings. The maximum atomic E-state index is 11.7. The van der Waals surface area contributed by atoms with Gasteiger partial charge in [-0.3, -0.25) is 8.78 Å². The van der Waals surface area contributed by atoms with Crippen LogP contribution in [0.2, 0.25) is 0 Å². The Bertz CT molecular complexity index is 1610. The molecular formula is C25H23N8O5S-. The van der Waals surface area contributed by atoms with Gasteiger partial charge in [-0.1, -0.05) is 12.1 Å². The number of benzene rings is 1. The van der Waals surface area contributed by atoms with Crippen LogP contribution in [0.15, 0.2) is 61.3 Å². The summed E-state index contributed by atoms with van der Waals surface area (Å²) >= 11 is -2.62. The highest BCUT2D eigenvalue weighted by Gasteiger charge is 2.25. The van der Waals surface area contributed by atoms with E-state index in [9.17, 15) is 8.76 Å². The largest absolute Gasteiger partial charge is 0.760 e. The van der Waals surface area contributed by atoms with Gasteiger partial charge in [-0.15, -0.1) is 0 Å². The molecular weight excluding hydrogens is 524 g/mol. The third-order valence-electron chi connectivity index (χ3n) is 5.68. The Hall–Kier alpha value is -4.53. The van der Waals surface area contributed by atoms with Crippen molar-refractivity contribution in [3.05, 3.63) is 72.6 Å². The van der Waals surface area contributed by atoms with E-state index in [1.165, 1.54) is 24.9 Å². The number of hydrogen-bond donors (Lipinski definition) is 1. The Morgan fingerprint density at radius 3 is 2.38 bits per heavy atom. The molecule has 1 aromatic carbocycles. The summed E-state index contributed by atoms with van der Waals surface area (Å²) < 4.78 is 44.5. The molecule has 0 spiro atoms. The number of nitrogens with one attached hydrogen (secondary N) is 1. The fourth-order valence-corrected chi connectivity index (χ4v) is 4.51. The predicted molar refractivity (Wildman–Crippen MR) is 140 cm³/mol. The van der Waals surface area contributed by atoms with Gasteiger partial charge in [0.25, 0.3) is 0 Å². The first-order valence-corrected chi connectivity index (χ1v) is 12.8. The first-order valence-electron chi connectivity index (χ1n) is 11.7. The van der Waals surface area contributed by atoms with E-state index in [4.69, 9.17) is 24.2 Å². The molecule has 0 saturated heterocycles. The molecule has 0 radical (unpaired) electrons. The first-order chi connectivity index (χ1) is 19.0. The third kappa shape index (κ3) is 5.25. The van der Waals surface area contributed by atoms with Crippen LogP contribution in [-0.2, 0) is 11.3 Å². The van der Waals surface area contributed by atoms with Crippen LogP contribution in [0.4, 0.5) is 0 Å². The zero-order valence-electron chi connectivity index (χ0n) is 21.1. The van der Waals surface area contributed by atoms with Crippen molar-refractivity contribution in [3.8, 4) is 34.6 Å². The number of nitrogens with zero attached hydrogens (tertiary/aromatic N) is 7. The molecule has 5 rings (SSSR count). The SMILES string of the molecule is CCOc1cccc(-c2nc3ncc(C(NS(=O)[O-])c4cncnc4)nc3n2-c2c(OC)cccc2OC)n1. The highest BCUT2D eigenvalue weighted by Crippen LogP contribution is 2.38. The normalized spacial score (nSPS) is 12.7. The number of fused-ring (bicyclic) bond motifs is 1. The summed E-state index contributed by atoms with van der Waals surface area (Å²) in [4.78, 5) is 26.7. The van der Waals surface area contributed by atoms with Gasteiger partial charge in [-0.2, -0.15) is 0 Å². The molecule has 2 unspecified atom stereocenters. The van der Waals surface area contributed by atoms with Gasteiger partial charge in [0.1, 0.15) is 29.2 Å². The summed E-state index contributed by atoms with van der Waals surface area (Å²) in [6.07, 6.45) is 5.80. The van der Waals surface area contributed by atoms with Crippen LogP contribution in [0, 0.1) is 0 Å². The highest BCUT2D eigenvalue weighted by molar-refractivity contribution is 7.77. The Morgan fingerprint density at radius 2 is 1.72 bits per heavy atom. The van der Waals surface area contributed by atoms with Crippen LogP contribution in [0.3, 0.4) is 0 Å². The number of imidazole rings is 1. The average Bonchev–Trinajstić information content (AvgIpc) is 3.34. The van der Waals surface area contributed by atoms with E-state index in [1.807, 2.05) is 13.0 Å². The van der Waals surface area contributed by atoms with Crippen LogP contribution >= 0.6 is 0 Å². The predicted octanol–water partition coefficient (Wildman–Crippen LogP) is 2.56. The van der Waals surface area contributed by atoms with Crippen molar-refractivity contribution in [1.82, 2.24) is 39.2 Å². The second-order valence-corrected chi connectivity index (χ2v) is 8.68. The standard InChI is InChI=1S/C25H24N8O5S/c1-4-38-20-10-5-7-16(29-20)24-31-23-25(33(24)22-18(36-2)8-6-9-19(22)37-3)30-17(13-28-23)21(32-39(34)35)15-11-26-14-27-12-15/h5-14,21,32H,4H2,1-3H3,(H,34,35)/p-1. The van der Waals surface area contributed by atoms with E-state index in [-0.39, 0.29) is 5.65 Å². The number of aromatic nitrogens is 7. The van der Waals surface area contributed by atoms with Gasteiger partial charge in [0.05, 0.1) is 38.8 Å². The number of hydrogen-bond acceptors (Lipinski definition) is 11. The van der Waals surface area contributed by atoms with Gasteiger partial charge in [0, 0.05) is 35.3 Å². The molecule has 4 heterocycles. The summed E-state index contributed by atoms with van der Waals surface area (Å²) in [5.41, 5.74) is 2.37. The summed E-state index contributed by atoms with van der Waals surface area (Å²) in [6, 6.07) is 9.79. The molecule has 39 heavy (non-hydrogen) atoms. The van der Waals surface area contributed by atoms with Gasteiger partial charge >= 0.3 is 0 Å². The minimum atomic E-state index is -2.62. The molecule has 2 atom stereocenters. The molecule has 4 aromatic heterocycles. The minimum Gasteiger partial charge on any atom is -0.760 e. The van der Waals surface area contributed by atoms with Crippen molar-refractivity contribution in [2.75, 3.05) is 20.8 Å². The second kappa shape index (κ2) is 11.5. The van der Waals surface area contributed by atoms with Gasteiger partial charge < -0.3 is 18.8 Å². The van der Waals surface area contributed by atoms with E-state index in [1.54, 1.807) is 49.1 Å². The zero-order chi connectivity index (χ0) is 27.4. The molecule has 0 bridgehead atoms. The van der Waals surface area contributed by atoms with Crippen molar-refractivity contribution in [1.29, 1.82) is 0 Å². The third-order valence-corrected chi connectivity index (χ3v) is 6.11. The molecule has 0 amide bonds. The lowest BCUT2D eigenvalue weighted by molar-refractivity contribution is 0.327. The number of pyridine rings is 1. The van der Waals surface area contributed by atoms with Crippen LogP contribution in [0.5, 0.6) is 17.4 Å². The molecule has 0 aliphatic carbocycles. The molecule has 1 N–H and O–H groups in total. The Kier molecular flexibility index (Phi) is 7.67. The smallest absolute Gasteiger partial charge is 0.213 e. The summed E-state index contributed by atoms with van der Waals surface area (Å²) in [5, 5.41) is 0. The fraction of sp³-hybridized carbons (Fsp3) is 0.200. The van der Waals surface area contributed by atoms with Crippen LogP contribution in [0.25, 0.3) is 28.5 Å². The van der Waals surface area contributed by atoms with Crippen molar-refractivity contribution >= 4 is 22.6 Å². The zero-order valence-corrected chi connectivity index (χ0v) is 22.0. The molecule has 0 aliphatic rings. The average molecular weight is 548 g/mol. The van der Waals surface area contributed by atoms with Crippen LogP contribution in [0.1, 0.15) is 24.2 Å². The van der Waals surface area contributed by atoms with Gasteiger partial charge in [0.2, 0.25) is 5.88 Å². The summed E-state index contributed by atoms with van der Waals surface area (Å²) in [7, 11) is 3.09. The number of rotatable bonds is 10. The van der Waals surface area contributed by atoms with E-state index in [0.29, 0.717) is 58.1 Å². The molecule has 0 aliphatic heterocycles. The van der Waals surface area contributed by atoms with Gasteiger partial charge in [-0.05, 0) is 25.1 Å². The fourth-order valence-electron chi connectivity index (χ4n) is 4.06. The molecule has 0 saturated carbocycles. The topological polar surface area (TPSA) is 162 Å². The van der Waals surface area contributed by atoms with Gasteiger partial charge in [-0.25, -0.2) is 34.6 Å². The lowest BCUT2D eigenvalue weighted by Crippen LogP contribution is -2.25. The quantitative estimate of drug-likeness (QED) is 0.256. The van der Waals surface area contributed by atoms with E-state index in [0.717, 1.165) is 0 Å². The summed E-state index contributed by atoms with van der Waals surface area (Å²) in [6.45, 7) is 2.31. The minimum absolute atomic E-state index is 0.289. The van der Waals surface area contributed by atoms with E-state index < -0.39 is 17.3 Å². The van der Waals surface area contributed by atoms with Crippen molar-refractivity contribution < 1.29 is 23.0 Å². The number of para-hydroxylation sites is 1. The van der Waals surface area contributed by atoms with Crippen molar-refractivity contribution in [2.45, 2.75) is 13.0 Å². The van der Waals surface area contributed by atoms with Crippen LogP contribution in [-0.4, -0.2) is 64.1 Å². The molecule has 14 heteroatoms. The van der Waals surface area contributed by atoms with E-state index >= 15 is 0 Å². The Labute approximate surface area is 225 Å². The monoisotopic (exact) mass is 547 g/mol. The molecule has 13 nitrogen and oxygen atoms in total. The van der Waals surface area contributed by atoms with Crippen LogP contribution < -0.4 is 18.9 Å². The number of methoxy groups -OCH3 is 2. The molecule has 5 aromatic rings. The summed E-state index contributed by atoms with van der Waals surface area (Å²) in [5.74, 6) is 1.78. The molecule has 200 valence electrons. The highest BCUT2D eigenvalue weighted by atomic mass is 32.2. The lowest BCUT2D eigenvalue weighted by atomic mass is 10.1. The maximum absolute atomic E-state index is 11.7. The Balaban J connectivity index is 1.81. The van der Waals surface area contributed by atoms with Crippen molar-refractivity contribution in [3.63, 3.8) is 0 Å².